The summed E-state index contributed by atoms with van der Waals surface area (Å²) in [4.78, 5) is 19.6. The lowest BCUT2D eigenvalue weighted by molar-refractivity contribution is -0.133. The highest BCUT2D eigenvalue weighted by molar-refractivity contribution is 6.80. The molecule has 0 aromatic carbocycles. The minimum Gasteiger partial charge on any atom is -0.351 e. The van der Waals surface area contributed by atoms with Crippen LogP contribution in [0.2, 0.25) is 0 Å². The summed E-state index contributed by atoms with van der Waals surface area (Å²) >= 11 is 4.68. The first-order valence-electron chi connectivity index (χ1n) is 1.60. The van der Waals surface area contributed by atoms with Crippen molar-refractivity contribution in [3.05, 3.63) is 0 Å². The molecule has 0 aliphatic heterocycles. The standard InChI is InChI=1S/C3H4ClNO2/c1-5-3(7)2(4)6/h1H3,(H,5,7). The molecule has 0 aromatic rings. The van der Waals surface area contributed by atoms with E-state index in [2.05, 4.69) is 11.6 Å². The Morgan fingerprint density at radius 2 is 2.00 bits per heavy atom. The maximum Gasteiger partial charge on any atom is 0.309 e. The van der Waals surface area contributed by atoms with Crippen molar-refractivity contribution in [1.82, 2.24) is 5.32 Å². The van der Waals surface area contributed by atoms with Gasteiger partial charge in [-0.1, -0.05) is 0 Å². The number of amides is 1. The fourth-order valence-electron chi connectivity index (χ4n) is 0.0983. The lowest BCUT2D eigenvalue weighted by Gasteiger charge is -1.84. The minimum absolute atomic E-state index is 0.776. The topological polar surface area (TPSA) is 46.2 Å². The molecule has 0 heterocycles. The van der Waals surface area contributed by atoms with Gasteiger partial charge < -0.3 is 5.32 Å². The number of carbonyl (C=O) groups is 2. The number of rotatable bonds is 1. The second-order valence-electron chi connectivity index (χ2n) is 0.853. The van der Waals surface area contributed by atoms with Crippen LogP contribution in [0.1, 0.15) is 0 Å². The van der Waals surface area contributed by atoms with E-state index in [0.717, 1.165) is 0 Å². The van der Waals surface area contributed by atoms with Crippen LogP contribution in [0.15, 0.2) is 0 Å². The molecule has 0 radical (unpaired) electrons. The Morgan fingerprint density at radius 1 is 1.57 bits per heavy atom. The quantitative estimate of drug-likeness (QED) is 0.376. The van der Waals surface area contributed by atoms with Crippen molar-refractivity contribution in [3.63, 3.8) is 0 Å². The molecule has 4 heteroatoms. The molecule has 0 rings (SSSR count). The predicted octanol–water partition coefficient (Wildman–Crippen LogP) is -0.502. The van der Waals surface area contributed by atoms with Gasteiger partial charge in [0, 0.05) is 7.05 Å². The highest BCUT2D eigenvalue weighted by Crippen LogP contribution is 1.74. The summed E-state index contributed by atoms with van der Waals surface area (Å²) in [5.41, 5.74) is 0. The third-order valence-electron chi connectivity index (χ3n) is 0.406. The van der Waals surface area contributed by atoms with Crippen molar-refractivity contribution < 1.29 is 9.59 Å². The van der Waals surface area contributed by atoms with E-state index in [1.54, 1.807) is 0 Å². The molecule has 7 heavy (non-hydrogen) atoms. The summed E-state index contributed by atoms with van der Waals surface area (Å²) in [6.07, 6.45) is 0. The van der Waals surface area contributed by atoms with E-state index in [-0.39, 0.29) is 0 Å². The number of halogens is 1. The molecule has 0 bridgehead atoms. The number of likely N-dealkylation sites (N-methyl/N-ethyl adjacent to an activating group) is 1. The second kappa shape index (κ2) is 2.58. The summed E-state index contributed by atoms with van der Waals surface area (Å²) in [6.45, 7) is 0. The van der Waals surface area contributed by atoms with E-state index in [4.69, 9.17) is 0 Å². The average Bonchev–Trinajstić information content (AvgIpc) is 1.65. The molecule has 0 fully saturated rings. The molecule has 0 saturated carbocycles. The molecular formula is C3H4ClNO2. The van der Waals surface area contributed by atoms with Gasteiger partial charge >= 0.3 is 11.1 Å². The molecule has 0 aliphatic rings. The van der Waals surface area contributed by atoms with Gasteiger partial charge in [0.1, 0.15) is 0 Å². The summed E-state index contributed by atoms with van der Waals surface area (Å²) < 4.78 is 0. The number of hydrogen-bond donors (Lipinski definition) is 1. The SMILES string of the molecule is CNC(=O)C(=O)Cl. The first-order chi connectivity index (χ1) is 3.18. The van der Waals surface area contributed by atoms with Crippen LogP contribution < -0.4 is 5.32 Å². The van der Waals surface area contributed by atoms with Crippen LogP contribution >= 0.6 is 11.6 Å². The first-order valence-corrected chi connectivity index (χ1v) is 1.98. The number of carbonyl (C=O) groups excluding carboxylic acids is 2. The van der Waals surface area contributed by atoms with Crippen molar-refractivity contribution in [3.8, 4) is 0 Å². The molecule has 0 spiro atoms. The second-order valence-corrected chi connectivity index (χ2v) is 1.20. The molecule has 40 valence electrons. The van der Waals surface area contributed by atoms with Crippen LogP contribution in [0.25, 0.3) is 0 Å². The van der Waals surface area contributed by atoms with Crippen LogP contribution in [-0.4, -0.2) is 18.2 Å². The maximum atomic E-state index is 9.92. The van der Waals surface area contributed by atoms with Gasteiger partial charge in [0.2, 0.25) is 0 Å². The van der Waals surface area contributed by atoms with E-state index in [0.29, 0.717) is 0 Å². The molecule has 0 unspecified atom stereocenters. The Kier molecular flexibility index (Phi) is 2.37. The Morgan fingerprint density at radius 3 is 2.00 bits per heavy atom. The van der Waals surface area contributed by atoms with Crippen molar-refractivity contribution in [2.24, 2.45) is 0 Å². The monoisotopic (exact) mass is 121 g/mol. The Balaban J connectivity index is 3.58. The molecule has 0 atom stereocenters. The normalized spacial score (nSPS) is 7.71. The molecule has 0 saturated heterocycles. The number of nitrogens with one attached hydrogen (secondary N) is 1. The van der Waals surface area contributed by atoms with Gasteiger partial charge in [-0.15, -0.1) is 0 Å². The van der Waals surface area contributed by atoms with Crippen molar-refractivity contribution in [2.45, 2.75) is 0 Å². The number of hydrogen-bond acceptors (Lipinski definition) is 2. The predicted molar refractivity (Wildman–Crippen MR) is 24.9 cm³/mol. The summed E-state index contributed by atoms with van der Waals surface area (Å²) in [5.74, 6) is -0.776. The van der Waals surface area contributed by atoms with Gasteiger partial charge in [-0.3, -0.25) is 9.59 Å². The van der Waals surface area contributed by atoms with Crippen LogP contribution in [0.4, 0.5) is 0 Å². The van der Waals surface area contributed by atoms with E-state index in [9.17, 15) is 9.59 Å². The van der Waals surface area contributed by atoms with E-state index < -0.39 is 11.1 Å². The molecule has 0 aromatic heterocycles. The first kappa shape index (κ1) is 6.43. The van der Waals surface area contributed by atoms with Crippen LogP contribution in [-0.2, 0) is 9.59 Å². The summed E-state index contributed by atoms with van der Waals surface area (Å²) in [7, 11) is 1.34. The van der Waals surface area contributed by atoms with Crippen LogP contribution in [0.3, 0.4) is 0 Å². The van der Waals surface area contributed by atoms with Gasteiger partial charge in [-0.05, 0) is 11.6 Å². The van der Waals surface area contributed by atoms with Crippen molar-refractivity contribution >= 4 is 22.8 Å². The van der Waals surface area contributed by atoms with Gasteiger partial charge in [-0.2, -0.15) is 0 Å². The highest BCUT2D eigenvalue weighted by Gasteiger charge is 2.03. The van der Waals surface area contributed by atoms with E-state index in [1.807, 2.05) is 5.32 Å². The molecule has 1 N–H and O–H groups in total. The van der Waals surface area contributed by atoms with Crippen molar-refractivity contribution in [2.75, 3.05) is 7.05 Å². The van der Waals surface area contributed by atoms with E-state index in [1.165, 1.54) is 7.05 Å². The third kappa shape index (κ3) is 2.17. The van der Waals surface area contributed by atoms with Crippen LogP contribution in [0.5, 0.6) is 0 Å². The molecule has 0 aliphatic carbocycles. The zero-order valence-electron chi connectivity index (χ0n) is 3.69. The molecular weight excluding hydrogens is 117 g/mol. The lowest BCUT2D eigenvalue weighted by atomic mass is 10.7. The smallest absolute Gasteiger partial charge is 0.309 e. The summed E-state index contributed by atoms with van der Waals surface area (Å²) in [5, 5.41) is 1.06. The van der Waals surface area contributed by atoms with Gasteiger partial charge in [0.25, 0.3) is 0 Å². The fraction of sp³-hybridized carbons (Fsp3) is 0.333. The van der Waals surface area contributed by atoms with Crippen molar-refractivity contribution in [1.29, 1.82) is 0 Å². The third-order valence-corrected chi connectivity index (χ3v) is 0.577. The Labute approximate surface area is 45.6 Å². The van der Waals surface area contributed by atoms with Gasteiger partial charge in [0.05, 0.1) is 0 Å². The zero-order valence-corrected chi connectivity index (χ0v) is 4.45. The molecule has 3 nitrogen and oxygen atoms in total. The van der Waals surface area contributed by atoms with Gasteiger partial charge in [0.15, 0.2) is 0 Å². The largest absolute Gasteiger partial charge is 0.351 e. The average molecular weight is 122 g/mol. The summed E-state index contributed by atoms with van der Waals surface area (Å²) in [6, 6.07) is 0. The maximum absolute atomic E-state index is 9.92. The molecule has 1 amide bonds. The lowest BCUT2D eigenvalue weighted by Crippen LogP contribution is -2.23. The fourth-order valence-corrected chi connectivity index (χ4v) is 0.193. The zero-order chi connectivity index (χ0) is 5.86. The minimum atomic E-state index is -0.984. The van der Waals surface area contributed by atoms with Gasteiger partial charge in [-0.25, -0.2) is 0 Å². The highest BCUT2D eigenvalue weighted by atomic mass is 35.5. The van der Waals surface area contributed by atoms with Crippen LogP contribution in [0, 0.1) is 0 Å². The Bertz CT molecular complexity index is 101. The van der Waals surface area contributed by atoms with E-state index >= 15 is 0 Å². The Hall–Kier alpha value is -0.570.